The molecule has 0 amide bonds. The predicted octanol–water partition coefficient (Wildman–Crippen LogP) is 2.41. The number of ether oxygens (including phenoxy) is 1. The lowest BCUT2D eigenvalue weighted by Gasteiger charge is -2.39. The quantitative estimate of drug-likeness (QED) is 0.888. The van der Waals surface area contributed by atoms with Gasteiger partial charge in [0.15, 0.2) is 0 Å². The maximum Gasteiger partial charge on any atom is 0.138 e. The normalized spacial score (nSPS) is 18.8. The van der Waals surface area contributed by atoms with Gasteiger partial charge in [-0.2, -0.15) is 0 Å². The van der Waals surface area contributed by atoms with Crippen LogP contribution in [0.15, 0.2) is 42.6 Å². The summed E-state index contributed by atoms with van der Waals surface area (Å²) >= 11 is 5.92. The molecule has 0 unspecified atom stereocenters. The number of likely N-dealkylation sites (tertiary alicyclic amines) is 1. The van der Waals surface area contributed by atoms with Gasteiger partial charge in [0.1, 0.15) is 17.7 Å². The number of halogens is 1. The van der Waals surface area contributed by atoms with E-state index in [2.05, 4.69) is 38.3 Å². The van der Waals surface area contributed by atoms with E-state index in [0.29, 0.717) is 0 Å². The van der Waals surface area contributed by atoms with E-state index >= 15 is 0 Å². The molecule has 4 rings (SSSR count). The van der Waals surface area contributed by atoms with E-state index in [-0.39, 0.29) is 6.10 Å². The van der Waals surface area contributed by atoms with E-state index in [1.807, 2.05) is 24.4 Å². The summed E-state index contributed by atoms with van der Waals surface area (Å²) in [6.45, 7) is 6.89. The summed E-state index contributed by atoms with van der Waals surface area (Å²) in [6, 6.07) is 12.1. The van der Waals surface area contributed by atoms with Gasteiger partial charge in [0.05, 0.1) is 6.20 Å². The van der Waals surface area contributed by atoms with E-state index in [0.717, 1.165) is 62.4 Å². The number of hydrogen-bond acceptors (Lipinski definition) is 5. The molecule has 1 aromatic heterocycles. The van der Waals surface area contributed by atoms with Crippen LogP contribution in [0.4, 0.5) is 5.82 Å². The van der Waals surface area contributed by atoms with Gasteiger partial charge in [0.25, 0.3) is 0 Å². The minimum atomic E-state index is 0.249. The maximum absolute atomic E-state index is 6.02. The van der Waals surface area contributed by atoms with Crippen molar-refractivity contribution in [3.63, 3.8) is 0 Å². The predicted molar refractivity (Wildman–Crippen MR) is 100 cm³/mol. The fourth-order valence-corrected chi connectivity index (χ4v) is 3.42. The van der Waals surface area contributed by atoms with Crippen LogP contribution in [0, 0.1) is 0 Å². The molecule has 2 fully saturated rings. The lowest BCUT2D eigenvalue weighted by Crippen LogP contribution is -2.53. The van der Waals surface area contributed by atoms with Crippen molar-refractivity contribution in [1.29, 1.82) is 0 Å². The molecule has 6 heteroatoms. The van der Waals surface area contributed by atoms with Crippen molar-refractivity contribution in [2.75, 3.05) is 44.2 Å². The highest BCUT2D eigenvalue weighted by molar-refractivity contribution is 6.30. The molecular weight excluding hydrogens is 336 g/mol. The van der Waals surface area contributed by atoms with E-state index in [1.54, 1.807) is 0 Å². The van der Waals surface area contributed by atoms with Crippen molar-refractivity contribution in [2.24, 2.45) is 0 Å². The monoisotopic (exact) mass is 358 g/mol. The number of aromatic nitrogens is 1. The largest absolute Gasteiger partial charge is 0.486 e. The van der Waals surface area contributed by atoms with Crippen LogP contribution in [0.25, 0.3) is 0 Å². The number of pyridine rings is 1. The molecule has 0 spiro atoms. The first-order valence-electron chi connectivity index (χ1n) is 8.81. The lowest BCUT2D eigenvalue weighted by molar-refractivity contribution is 0.0144. The van der Waals surface area contributed by atoms with Crippen molar-refractivity contribution in [3.05, 3.63) is 53.2 Å². The number of rotatable bonds is 5. The average Bonchev–Trinajstić information content (AvgIpc) is 2.63. The van der Waals surface area contributed by atoms with Gasteiger partial charge in [0, 0.05) is 50.8 Å². The van der Waals surface area contributed by atoms with E-state index < -0.39 is 0 Å². The van der Waals surface area contributed by atoms with Crippen LogP contribution in [-0.2, 0) is 6.54 Å². The Labute approximate surface area is 153 Å². The van der Waals surface area contributed by atoms with Crippen molar-refractivity contribution in [2.45, 2.75) is 12.6 Å². The van der Waals surface area contributed by atoms with Gasteiger partial charge in [0.2, 0.25) is 0 Å². The molecule has 5 nitrogen and oxygen atoms in total. The Balaban J connectivity index is 1.24. The molecule has 3 heterocycles. The lowest BCUT2D eigenvalue weighted by atomic mass is 10.1. The van der Waals surface area contributed by atoms with Gasteiger partial charge < -0.3 is 15.0 Å². The first kappa shape index (κ1) is 16.6. The molecule has 2 saturated heterocycles. The first-order valence-corrected chi connectivity index (χ1v) is 9.19. The van der Waals surface area contributed by atoms with Crippen molar-refractivity contribution in [1.82, 2.24) is 15.2 Å². The van der Waals surface area contributed by atoms with Crippen LogP contribution < -0.4 is 15.0 Å². The molecule has 0 saturated carbocycles. The minimum Gasteiger partial charge on any atom is -0.486 e. The number of nitrogens with one attached hydrogen (secondary N) is 1. The molecular formula is C19H23ClN4O. The number of nitrogens with zero attached hydrogens (tertiary/aromatic N) is 3. The second kappa shape index (κ2) is 7.60. The van der Waals surface area contributed by atoms with E-state index in [1.165, 1.54) is 5.56 Å². The summed E-state index contributed by atoms with van der Waals surface area (Å²) in [4.78, 5) is 9.23. The summed E-state index contributed by atoms with van der Waals surface area (Å²) in [6.07, 6.45) is 2.10. The molecule has 0 atom stereocenters. The molecule has 1 N–H and O–H groups in total. The minimum absolute atomic E-state index is 0.249. The van der Waals surface area contributed by atoms with Gasteiger partial charge in [-0.15, -0.1) is 0 Å². The molecule has 0 aliphatic carbocycles. The van der Waals surface area contributed by atoms with Crippen LogP contribution in [0.3, 0.4) is 0 Å². The Morgan fingerprint density at radius 1 is 1.08 bits per heavy atom. The average molecular weight is 359 g/mol. The molecule has 2 aliphatic heterocycles. The van der Waals surface area contributed by atoms with Crippen molar-refractivity contribution < 1.29 is 4.74 Å². The number of anilines is 1. The van der Waals surface area contributed by atoms with Gasteiger partial charge in [-0.25, -0.2) is 4.98 Å². The number of piperazine rings is 1. The highest BCUT2D eigenvalue weighted by atomic mass is 35.5. The molecule has 0 radical (unpaired) electrons. The number of benzene rings is 1. The molecule has 2 aliphatic rings. The SMILES string of the molecule is Clc1ccc(CN2CC(Oc3ccc(N4CCNCC4)nc3)C2)cc1. The van der Waals surface area contributed by atoms with E-state index in [4.69, 9.17) is 16.3 Å². The zero-order valence-electron chi connectivity index (χ0n) is 14.2. The topological polar surface area (TPSA) is 40.6 Å². The van der Waals surface area contributed by atoms with Crippen LogP contribution in [0.1, 0.15) is 5.56 Å². The van der Waals surface area contributed by atoms with Crippen LogP contribution in [0.2, 0.25) is 5.02 Å². The Bertz CT molecular complexity index is 680. The zero-order chi connectivity index (χ0) is 17.1. The summed E-state index contributed by atoms with van der Waals surface area (Å²) in [7, 11) is 0. The third-order valence-electron chi connectivity index (χ3n) is 4.71. The molecule has 1 aromatic carbocycles. The van der Waals surface area contributed by atoms with Gasteiger partial charge in [-0.05, 0) is 29.8 Å². The zero-order valence-corrected chi connectivity index (χ0v) is 15.0. The Morgan fingerprint density at radius 2 is 1.84 bits per heavy atom. The van der Waals surface area contributed by atoms with E-state index in [9.17, 15) is 0 Å². The second-order valence-electron chi connectivity index (χ2n) is 6.65. The fourth-order valence-electron chi connectivity index (χ4n) is 3.29. The van der Waals surface area contributed by atoms with Gasteiger partial charge in [-0.1, -0.05) is 23.7 Å². The van der Waals surface area contributed by atoms with Crippen LogP contribution in [-0.4, -0.2) is 55.3 Å². The summed E-state index contributed by atoms with van der Waals surface area (Å²) in [5.74, 6) is 1.89. The third kappa shape index (κ3) is 4.24. The second-order valence-corrected chi connectivity index (χ2v) is 7.09. The molecule has 25 heavy (non-hydrogen) atoms. The first-order chi connectivity index (χ1) is 12.3. The Kier molecular flexibility index (Phi) is 5.06. The van der Waals surface area contributed by atoms with Crippen LogP contribution >= 0.6 is 11.6 Å². The standard InChI is InChI=1S/C19H23ClN4O/c20-16-3-1-15(2-4-16)12-23-13-18(14-23)25-17-5-6-19(22-11-17)24-9-7-21-8-10-24/h1-6,11,18,21H,7-10,12-14H2. The fraction of sp³-hybridized carbons (Fsp3) is 0.421. The molecule has 2 aromatic rings. The summed E-state index contributed by atoms with van der Waals surface area (Å²) in [5.41, 5.74) is 1.28. The summed E-state index contributed by atoms with van der Waals surface area (Å²) < 4.78 is 6.02. The number of hydrogen-bond donors (Lipinski definition) is 1. The maximum atomic E-state index is 6.02. The third-order valence-corrected chi connectivity index (χ3v) is 4.96. The van der Waals surface area contributed by atoms with Gasteiger partial charge >= 0.3 is 0 Å². The highest BCUT2D eigenvalue weighted by Gasteiger charge is 2.28. The van der Waals surface area contributed by atoms with Crippen molar-refractivity contribution in [3.8, 4) is 5.75 Å². The Morgan fingerprint density at radius 3 is 2.52 bits per heavy atom. The summed E-state index contributed by atoms with van der Waals surface area (Å²) in [5, 5.41) is 4.14. The Hall–Kier alpha value is -1.82. The molecule has 0 bridgehead atoms. The smallest absolute Gasteiger partial charge is 0.138 e. The van der Waals surface area contributed by atoms with Crippen molar-refractivity contribution >= 4 is 17.4 Å². The molecule has 132 valence electrons. The highest BCUT2D eigenvalue weighted by Crippen LogP contribution is 2.22. The van der Waals surface area contributed by atoms with Crippen LogP contribution in [0.5, 0.6) is 5.75 Å². The van der Waals surface area contributed by atoms with Gasteiger partial charge in [-0.3, -0.25) is 4.90 Å².